The van der Waals surface area contributed by atoms with Gasteiger partial charge in [0.25, 0.3) is 0 Å². The van der Waals surface area contributed by atoms with E-state index in [9.17, 15) is 0 Å². The molecule has 3 aromatic rings. The minimum absolute atomic E-state index is 0.388. The second kappa shape index (κ2) is 12.8. The predicted molar refractivity (Wildman–Crippen MR) is 132 cm³/mol. The highest BCUT2D eigenvalue weighted by molar-refractivity contribution is 9.10. The largest absolute Gasteiger partial charge is 0.416 e. The first-order chi connectivity index (χ1) is 15.1. The van der Waals surface area contributed by atoms with E-state index in [-0.39, 0.29) is 0 Å². The number of anilines is 1. The fraction of sp³-hybridized carbons (Fsp3) is 0.435. The predicted octanol–water partition coefficient (Wildman–Crippen LogP) is 6.44. The van der Waals surface area contributed by atoms with Crippen LogP contribution in [0.4, 0.5) is 5.69 Å². The molecule has 0 aliphatic carbocycles. The summed E-state index contributed by atoms with van der Waals surface area (Å²) in [5.41, 5.74) is 8.58. The number of nitrogens with two attached hydrogens (primary N) is 1. The van der Waals surface area contributed by atoms with Crippen molar-refractivity contribution in [3.63, 3.8) is 0 Å². The lowest BCUT2D eigenvalue weighted by atomic mass is 9.96. The Bertz CT molecular complexity index is 941. The van der Waals surface area contributed by atoms with E-state index in [2.05, 4.69) is 42.1 Å². The van der Waals surface area contributed by atoms with Crippen molar-refractivity contribution in [2.24, 2.45) is 11.7 Å². The molecule has 6 nitrogen and oxygen atoms in total. The third kappa shape index (κ3) is 6.51. The summed E-state index contributed by atoms with van der Waals surface area (Å²) in [4.78, 5) is 6.34. The first-order valence-corrected chi connectivity index (χ1v) is 12.0. The molecule has 4 rings (SSSR count). The van der Waals surface area contributed by atoms with Gasteiger partial charge in [0.2, 0.25) is 11.8 Å². The maximum Gasteiger partial charge on any atom is 0.250 e. The number of halogens is 2. The summed E-state index contributed by atoms with van der Waals surface area (Å²) < 4.78 is 6.97. The zero-order valence-electron chi connectivity index (χ0n) is 18.6. The molecule has 0 atom stereocenters. The average Bonchev–Trinajstić information content (AvgIpc) is 3.32. The van der Waals surface area contributed by atoms with Crippen LogP contribution >= 0.6 is 27.5 Å². The molecule has 1 aliphatic rings. The van der Waals surface area contributed by atoms with Gasteiger partial charge < -0.3 is 15.1 Å². The average molecular weight is 509 g/mol. The number of nitrogens with zero attached hydrogens (tertiary/aromatic N) is 4. The van der Waals surface area contributed by atoms with Gasteiger partial charge in [-0.3, -0.25) is 0 Å². The molecule has 0 saturated carbocycles. The van der Waals surface area contributed by atoms with Gasteiger partial charge in [0, 0.05) is 29.3 Å². The van der Waals surface area contributed by atoms with Crippen molar-refractivity contribution in [1.82, 2.24) is 15.2 Å². The molecule has 3 heterocycles. The Kier molecular flexibility index (Phi) is 10.4. The van der Waals surface area contributed by atoms with Crippen LogP contribution in [0, 0.1) is 5.92 Å². The lowest BCUT2D eigenvalue weighted by Gasteiger charge is -2.34. The second-order valence-electron chi connectivity index (χ2n) is 6.61. The van der Waals surface area contributed by atoms with Crippen LogP contribution in [-0.2, 0) is 0 Å². The second-order valence-corrected chi connectivity index (χ2v) is 7.91. The molecule has 8 heteroatoms. The van der Waals surface area contributed by atoms with E-state index in [0.717, 1.165) is 53.8 Å². The van der Waals surface area contributed by atoms with Gasteiger partial charge in [0.15, 0.2) is 0 Å². The molecular weight excluding hydrogens is 478 g/mol. The van der Waals surface area contributed by atoms with Gasteiger partial charge in [0.1, 0.15) is 5.15 Å². The fourth-order valence-electron chi connectivity index (χ4n) is 3.34. The van der Waals surface area contributed by atoms with Gasteiger partial charge in [-0.05, 0) is 55.6 Å². The van der Waals surface area contributed by atoms with E-state index in [1.54, 1.807) is 18.3 Å². The molecule has 1 saturated heterocycles. The van der Waals surface area contributed by atoms with Crippen LogP contribution in [0.25, 0.3) is 22.9 Å². The minimum atomic E-state index is 0.388. The van der Waals surface area contributed by atoms with Crippen molar-refractivity contribution in [2.75, 3.05) is 24.5 Å². The summed E-state index contributed by atoms with van der Waals surface area (Å²) in [6.07, 6.45) is 3.80. The summed E-state index contributed by atoms with van der Waals surface area (Å²) in [5, 5.41) is 8.84. The number of hydrogen-bond donors (Lipinski definition) is 1. The Morgan fingerprint density at radius 1 is 1.06 bits per heavy atom. The molecule has 0 unspecified atom stereocenters. The van der Waals surface area contributed by atoms with Crippen LogP contribution in [-0.4, -0.2) is 34.8 Å². The van der Waals surface area contributed by atoms with E-state index in [1.165, 1.54) is 0 Å². The van der Waals surface area contributed by atoms with E-state index < -0.39 is 0 Å². The lowest BCUT2D eigenvalue weighted by Crippen LogP contribution is -2.36. The van der Waals surface area contributed by atoms with E-state index in [0.29, 0.717) is 22.9 Å². The summed E-state index contributed by atoms with van der Waals surface area (Å²) in [6, 6.07) is 9.59. The Morgan fingerprint density at radius 2 is 1.74 bits per heavy atom. The third-order valence-electron chi connectivity index (χ3n) is 4.88. The molecule has 2 N–H and O–H groups in total. The molecule has 0 bridgehead atoms. The fourth-order valence-corrected chi connectivity index (χ4v) is 3.86. The molecule has 1 fully saturated rings. The SMILES string of the molecule is CC.CC.NCC1CCN(c2cc(Br)ccc2-c2nnc(-c3ccnc(Cl)c3)o2)CC1. The van der Waals surface area contributed by atoms with Crippen LogP contribution in [0.3, 0.4) is 0 Å². The quantitative estimate of drug-likeness (QED) is 0.408. The monoisotopic (exact) mass is 507 g/mol. The van der Waals surface area contributed by atoms with Gasteiger partial charge in [-0.2, -0.15) is 0 Å². The number of benzene rings is 1. The Morgan fingerprint density at radius 3 is 2.39 bits per heavy atom. The first-order valence-electron chi connectivity index (χ1n) is 10.8. The third-order valence-corrected chi connectivity index (χ3v) is 5.58. The number of hydrogen-bond acceptors (Lipinski definition) is 6. The molecule has 1 aliphatic heterocycles. The van der Waals surface area contributed by atoms with Crippen LogP contribution in [0.5, 0.6) is 0 Å². The summed E-state index contributed by atoms with van der Waals surface area (Å²) in [7, 11) is 0. The Hall–Kier alpha value is -1.96. The van der Waals surface area contributed by atoms with Gasteiger partial charge in [-0.25, -0.2) is 4.98 Å². The highest BCUT2D eigenvalue weighted by Gasteiger charge is 2.23. The molecule has 0 radical (unpaired) electrons. The molecule has 168 valence electrons. The maximum absolute atomic E-state index is 5.96. The van der Waals surface area contributed by atoms with Crippen molar-refractivity contribution in [3.05, 3.63) is 46.2 Å². The van der Waals surface area contributed by atoms with Gasteiger partial charge in [-0.1, -0.05) is 55.2 Å². The number of aromatic nitrogens is 3. The number of pyridine rings is 1. The van der Waals surface area contributed by atoms with Gasteiger partial charge in [-0.15, -0.1) is 10.2 Å². The summed E-state index contributed by atoms with van der Waals surface area (Å²) in [5.74, 6) is 1.51. The van der Waals surface area contributed by atoms with Crippen LogP contribution < -0.4 is 10.6 Å². The highest BCUT2D eigenvalue weighted by Crippen LogP contribution is 2.36. The molecular formula is C23H31BrClN5O. The summed E-state index contributed by atoms with van der Waals surface area (Å²) >= 11 is 9.54. The van der Waals surface area contributed by atoms with Gasteiger partial charge >= 0.3 is 0 Å². The first kappa shape index (κ1) is 25.3. The highest BCUT2D eigenvalue weighted by atomic mass is 79.9. The zero-order chi connectivity index (χ0) is 22.8. The molecule has 1 aromatic carbocycles. The van der Waals surface area contributed by atoms with Crippen molar-refractivity contribution in [2.45, 2.75) is 40.5 Å². The Balaban J connectivity index is 0.000000807. The number of rotatable bonds is 4. The number of piperidine rings is 1. The maximum atomic E-state index is 5.96. The van der Waals surface area contributed by atoms with Crippen molar-refractivity contribution >= 4 is 33.2 Å². The molecule has 2 aromatic heterocycles. The zero-order valence-corrected chi connectivity index (χ0v) is 20.9. The smallest absolute Gasteiger partial charge is 0.250 e. The van der Waals surface area contributed by atoms with Crippen molar-refractivity contribution in [3.8, 4) is 22.9 Å². The van der Waals surface area contributed by atoms with E-state index >= 15 is 0 Å². The minimum Gasteiger partial charge on any atom is -0.416 e. The summed E-state index contributed by atoms with van der Waals surface area (Å²) in [6.45, 7) is 10.7. The standard InChI is InChI=1S/C19H19BrClN5O.2C2H6/c20-14-1-2-15(16(10-14)26-7-4-12(11-22)5-8-26)19-25-24-18(27-19)13-3-6-23-17(21)9-13;2*1-2/h1-3,6,9-10,12H,4-5,7-8,11,22H2;2*1-2H3. The van der Waals surface area contributed by atoms with Gasteiger partial charge in [0.05, 0.1) is 11.3 Å². The molecule has 0 spiro atoms. The van der Waals surface area contributed by atoms with Crippen LogP contribution in [0.15, 0.2) is 45.4 Å². The van der Waals surface area contributed by atoms with E-state index in [1.807, 2.05) is 39.8 Å². The van der Waals surface area contributed by atoms with Crippen LogP contribution in [0.2, 0.25) is 5.15 Å². The van der Waals surface area contributed by atoms with E-state index in [4.69, 9.17) is 21.8 Å². The molecule has 31 heavy (non-hydrogen) atoms. The van der Waals surface area contributed by atoms with Crippen molar-refractivity contribution in [1.29, 1.82) is 0 Å². The Labute approximate surface area is 198 Å². The lowest BCUT2D eigenvalue weighted by molar-refractivity contribution is 0.414. The van der Waals surface area contributed by atoms with Crippen molar-refractivity contribution < 1.29 is 4.42 Å². The molecule has 0 amide bonds. The van der Waals surface area contributed by atoms with Crippen LogP contribution in [0.1, 0.15) is 40.5 Å². The normalized spacial score (nSPS) is 13.7. The topological polar surface area (TPSA) is 81.1 Å².